The molecular formula is C17H25NO2. The lowest BCUT2D eigenvalue weighted by Crippen LogP contribution is -2.47. The zero-order valence-corrected chi connectivity index (χ0v) is 12.3. The lowest BCUT2D eigenvalue weighted by atomic mass is 9.64. The van der Waals surface area contributed by atoms with E-state index in [2.05, 4.69) is 17.4 Å². The molecule has 20 heavy (non-hydrogen) atoms. The van der Waals surface area contributed by atoms with Crippen molar-refractivity contribution >= 4 is 5.91 Å². The zero-order valence-electron chi connectivity index (χ0n) is 12.3. The van der Waals surface area contributed by atoms with Gasteiger partial charge in [-0.05, 0) is 37.7 Å². The molecule has 1 unspecified atom stereocenters. The Hall–Kier alpha value is -1.35. The van der Waals surface area contributed by atoms with E-state index in [0.717, 1.165) is 32.1 Å². The summed E-state index contributed by atoms with van der Waals surface area (Å²) in [5, 5.41) is 12.5. The Bertz CT molecular complexity index is 426. The van der Waals surface area contributed by atoms with Gasteiger partial charge in [-0.1, -0.05) is 43.7 Å². The second kappa shape index (κ2) is 6.89. The molecular weight excluding hydrogens is 250 g/mol. The molecule has 1 aliphatic rings. The van der Waals surface area contributed by atoms with E-state index in [-0.39, 0.29) is 17.4 Å². The topological polar surface area (TPSA) is 49.3 Å². The fraction of sp³-hybridized carbons (Fsp3) is 0.588. The van der Waals surface area contributed by atoms with Crippen molar-refractivity contribution in [3.63, 3.8) is 0 Å². The molecule has 1 amide bonds. The summed E-state index contributed by atoms with van der Waals surface area (Å²) in [5.41, 5.74) is 1.02. The molecule has 0 bridgehead atoms. The average molecular weight is 275 g/mol. The van der Waals surface area contributed by atoms with E-state index in [9.17, 15) is 9.90 Å². The van der Waals surface area contributed by atoms with Crippen LogP contribution in [0.15, 0.2) is 30.3 Å². The molecule has 1 aliphatic carbocycles. The Morgan fingerprint density at radius 1 is 1.35 bits per heavy atom. The number of hydrogen-bond donors (Lipinski definition) is 2. The molecule has 1 fully saturated rings. The number of rotatable bonds is 7. The van der Waals surface area contributed by atoms with Gasteiger partial charge < -0.3 is 10.4 Å². The second-order valence-corrected chi connectivity index (χ2v) is 5.90. The quantitative estimate of drug-likeness (QED) is 0.804. The molecule has 2 N–H and O–H groups in total. The van der Waals surface area contributed by atoms with Crippen LogP contribution in [0.4, 0.5) is 0 Å². The van der Waals surface area contributed by atoms with Crippen LogP contribution < -0.4 is 5.32 Å². The van der Waals surface area contributed by atoms with Crippen LogP contribution in [0.5, 0.6) is 0 Å². The molecule has 2 rings (SSSR count). The number of hydrogen-bond acceptors (Lipinski definition) is 2. The van der Waals surface area contributed by atoms with E-state index >= 15 is 0 Å². The average Bonchev–Trinajstić information content (AvgIpc) is 2.43. The Kier molecular flexibility index (Phi) is 5.18. The number of carbonyl (C=O) groups is 1. The van der Waals surface area contributed by atoms with Crippen LogP contribution >= 0.6 is 0 Å². The first kappa shape index (κ1) is 15.0. The molecule has 0 aliphatic heterocycles. The number of aliphatic hydroxyl groups excluding tert-OH is 1. The third-order valence-electron chi connectivity index (χ3n) is 4.41. The molecule has 3 heteroatoms. The molecule has 110 valence electrons. The summed E-state index contributed by atoms with van der Waals surface area (Å²) >= 11 is 0. The molecule has 0 saturated heterocycles. The second-order valence-electron chi connectivity index (χ2n) is 5.90. The van der Waals surface area contributed by atoms with Gasteiger partial charge in [-0.25, -0.2) is 0 Å². The van der Waals surface area contributed by atoms with Gasteiger partial charge in [0.2, 0.25) is 5.91 Å². The van der Waals surface area contributed by atoms with Crippen molar-refractivity contribution in [1.29, 1.82) is 0 Å². The highest BCUT2D eigenvalue weighted by molar-refractivity contribution is 5.83. The summed E-state index contributed by atoms with van der Waals surface area (Å²) in [6, 6.07) is 10.2. The van der Waals surface area contributed by atoms with Gasteiger partial charge in [0.25, 0.3) is 0 Å². The number of aliphatic hydroxyl groups is 1. The predicted molar refractivity (Wildman–Crippen MR) is 80.4 cm³/mol. The van der Waals surface area contributed by atoms with Crippen LogP contribution in [0.3, 0.4) is 0 Å². The first-order valence-electron chi connectivity index (χ1n) is 7.66. The standard InChI is InChI=1S/C17H25NO2/c1-2-15(19)9-12-18-16(20)17(10-6-11-17)13-14-7-4-3-5-8-14/h3-5,7-8,15,19H,2,6,9-13H2,1H3,(H,18,20). The van der Waals surface area contributed by atoms with E-state index in [1.165, 1.54) is 5.56 Å². The number of nitrogens with one attached hydrogen (secondary N) is 1. The van der Waals surface area contributed by atoms with E-state index in [1.807, 2.05) is 25.1 Å². The maximum atomic E-state index is 12.4. The van der Waals surface area contributed by atoms with Gasteiger partial charge in [0.1, 0.15) is 0 Å². The Morgan fingerprint density at radius 3 is 2.60 bits per heavy atom. The molecule has 1 atom stereocenters. The van der Waals surface area contributed by atoms with Crippen LogP contribution in [0, 0.1) is 5.41 Å². The maximum Gasteiger partial charge on any atom is 0.226 e. The molecule has 1 saturated carbocycles. The van der Waals surface area contributed by atoms with Gasteiger partial charge in [-0.3, -0.25) is 4.79 Å². The maximum absolute atomic E-state index is 12.4. The summed E-state index contributed by atoms with van der Waals surface area (Å²) in [4.78, 5) is 12.4. The third kappa shape index (κ3) is 3.60. The molecule has 0 heterocycles. The largest absolute Gasteiger partial charge is 0.393 e. The monoisotopic (exact) mass is 275 g/mol. The highest BCUT2D eigenvalue weighted by atomic mass is 16.3. The van der Waals surface area contributed by atoms with Gasteiger partial charge >= 0.3 is 0 Å². The molecule has 1 aromatic rings. The summed E-state index contributed by atoms with van der Waals surface area (Å²) in [7, 11) is 0. The fourth-order valence-electron chi connectivity index (χ4n) is 2.82. The first-order chi connectivity index (χ1) is 9.66. The van der Waals surface area contributed by atoms with Gasteiger partial charge in [-0.2, -0.15) is 0 Å². The van der Waals surface area contributed by atoms with Gasteiger partial charge in [-0.15, -0.1) is 0 Å². The minimum absolute atomic E-state index is 0.163. The van der Waals surface area contributed by atoms with Crippen molar-refractivity contribution in [2.24, 2.45) is 5.41 Å². The van der Waals surface area contributed by atoms with E-state index in [1.54, 1.807) is 0 Å². The summed E-state index contributed by atoms with van der Waals surface area (Å²) in [5.74, 6) is 0.163. The molecule has 3 nitrogen and oxygen atoms in total. The van der Waals surface area contributed by atoms with Crippen LogP contribution in [-0.2, 0) is 11.2 Å². The van der Waals surface area contributed by atoms with E-state index < -0.39 is 0 Å². The molecule has 0 aromatic heterocycles. The van der Waals surface area contributed by atoms with E-state index in [4.69, 9.17) is 0 Å². The van der Waals surface area contributed by atoms with Crippen LogP contribution in [0.25, 0.3) is 0 Å². The number of carbonyl (C=O) groups excluding carboxylic acids is 1. The minimum atomic E-state index is -0.304. The minimum Gasteiger partial charge on any atom is -0.393 e. The van der Waals surface area contributed by atoms with E-state index in [0.29, 0.717) is 13.0 Å². The smallest absolute Gasteiger partial charge is 0.226 e. The van der Waals surface area contributed by atoms with Crippen LogP contribution in [-0.4, -0.2) is 23.7 Å². The Balaban J connectivity index is 1.88. The van der Waals surface area contributed by atoms with Gasteiger partial charge in [0, 0.05) is 6.54 Å². The van der Waals surface area contributed by atoms with Crippen LogP contribution in [0.2, 0.25) is 0 Å². The van der Waals surface area contributed by atoms with Gasteiger partial charge in [0.05, 0.1) is 11.5 Å². The Labute approximate surface area is 121 Å². The molecule has 0 radical (unpaired) electrons. The third-order valence-corrected chi connectivity index (χ3v) is 4.41. The van der Waals surface area contributed by atoms with Crippen LogP contribution in [0.1, 0.15) is 44.6 Å². The molecule has 1 aromatic carbocycles. The summed E-state index contributed by atoms with van der Waals surface area (Å²) in [6.45, 7) is 2.53. The Morgan fingerprint density at radius 2 is 2.05 bits per heavy atom. The fourth-order valence-corrected chi connectivity index (χ4v) is 2.82. The highest BCUT2D eigenvalue weighted by Crippen LogP contribution is 2.43. The molecule has 0 spiro atoms. The zero-order chi connectivity index (χ0) is 14.4. The predicted octanol–water partition coefficient (Wildman–Crippen LogP) is 2.68. The lowest BCUT2D eigenvalue weighted by molar-refractivity contribution is -0.136. The van der Waals surface area contributed by atoms with Crippen molar-refractivity contribution < 1.29 is 9.90 Å². The normalized spacial score (nSPS) is 18.1. The van der Waals surface area contributed by atoms with Gasteiger partial charge in [0.15, 0.2) is 0 Å². The SMILES string of the molecule is CCC(O)CCNC(=O)C1(Cc2ccccc2)CCC1. The number of benzene rings is 1. The number of amides is 1. The van der Waals surface area contributed by atoms with Crippen molar-refractivity contribution in [3.8, 4) is 0 Å². The lowest BCUT2D eigenvalue weighted by Gasteiger charge is -2.40. The first-order valence-corrected chi connectivity index (χ1v) is 7.66. The summed E-state index contributed by atoms with van der Waals surface area (Å²) < 4.78 is 0. The van der Waals surface area contributed by atoms with Crippen molar-refractivity contribution in [2.45, 2.75) is 51.6 Å². The highest BCUT2D eigenvalue weighted by Gasteiger charge is 2.43. The summed E-state index contributed by atoms with van der Waals surface area (Å²) in [6.07, 6.45) is 5.00. The van der Waals surface area contributed by atoms with Crippen molar-refractivity contribution in [3.05, 3.63) is 35.9 Å². The van der Waals surface area contributed by atoms with Crippen molar-refractivity contribution in [1.82, 2.24) is 5.32 Å². The van der Waals surface area contributed by atoms with Crippen molar-refractivity contribution in [2.75, 3.05) is 6.54 Å².